The summed E-state index contributed by atoms with van der Waals surface area (Å²) in [5, 5.41) is 0. The van der Waals surface area contributed by atoms with Crippen LogP contribution < -0.4 is 5.73 Å². The van der Waals surface area contributed by atoms with Gasteiger partial charge in [0.2, 0.25) is 0 Å². The lowest BCUT2D eigenvalue weighted by Crippen LogP contribution is -2.12. The maximum absolute atomic E-state index is 11.2. The topological polar surface area (TPSA) is 52.3 Å². The molecule has 0 rings (SSSR count). The van der Waals surface area contributed by atoms with Crippen LogP contribution in [0.5, 0.6) is 0 Å². The Morgan fingerprint density at radius 3 is 2.33 bits per heavy atom. The lowest BCUT2D eigenvalue weighted by Gasteiger charge is -2.06. The van der Waals surface area contributed by atoms with Gasteiger partial charge in [-0.15, -0.1) is 0 Å². The van der Waals surface area contributed by atoms with Crippen LogP contribution in [0.4, 0.5) is 0 Å². The molecule has 0 spiro atoms. The normalized spacial score (nSPS) is 12.2. The third kappa shape index (κ3) is 3.42. The van der Waals surface area contributed by atoms with E-state index in [0.717, 1.165) is 6.42 Å². The van der Waals surface area contributed by atoms with Gasteiger partial charge in [-0.1, -0.05) is 13.8 Å². The van der Waals surface area contributed by atoms with Crippen LogP contribution in [-0.2, 0) is 9.53 Å². The van der Waals surface area contributed by atoms with Gasteiger partial charge in [-0.3, -0.25) is 0 Å². The summed E-state index contributed by atoms with van der Waals surface area (Å²) < 4.78 is 4.93. The van der Waals surface area contributed by atoms with Crippen molar-refractivity contribution in [2.75, 3.05) is 6.61 Å². The molecule has 0 saturated heterocycles. The van der Waals surface area contributed by atoms with Crippen molar-refractivity contribution >= 4 is 5.97 Å². The number of carbonyl (C=O) groups excluding carboxylic acids is 1. The van der Waals surface area contributed by atoms with E-state index in [1.54, 1.807) is 6.92 Å². The molecule has 0 radical (unpaired) electrons. The molecule has 70 valence electrons. The first-order valence-electron chi connectivity index (χ1n) is 4.25. The van der Waals surface area contributed by atoms with Gasteiger partial charge in [-0.2, -0.15) is 0 Å². The summed E-state index contributed by atoms with van der Waals surface area (Å²) in [5.41, 5.74) is 6.64. The van der Waals surface area contributed by atoms with Crippen molar-refractivity contribution in [3.63, 3.8) is 0 Å². The fourth-order valence-corrected chi connectivity index (χ4v) is 0.866. The largest absolute Gasteiger partial charge is 0.462 e. The second kappa shape index (κ2) is 5.63. The Balaban J connectivity index is 4.15. The van der Waals surface area contributed by atoms with Crippen LogP contribution in [0, 0.1) is 0 Å². The highest BCUT2D eigenvalue weighted by atomic mass is 16.5. The summed E-state index contributed by atoms with van der Waals surface area (Å²) in [6.45, 7) is 6.03. The molecular weight excluding hydrogens is 154 g/mol. The van der Waals surface area contributed by atoms with Gasteiger partial charge in [-0.05, 0) is 19.8 Å². The standard InChI is InChI=1S/C9H17NO2/c1-4-6-12-9(11)8(5-2)7(3)10/h4-6,10H2,1-3H3. The Hall–Kier alpha value is -0.990. The van der Waals surface area contributed by atoms with Gasteiger partial charge in [0.25, 0.3) is 0 Å². The molecule has 0 aromatic heterocycles. The summed E-state index contributed by atoms with van der Waals surface area (Å²) in [7, 11) is 0. The van der Waals surface area contributed by atoms with Gasteiger partial charge < -0.3 is 10.5 Å². The molecule has 0 aliphatic rings. The van der Waals surface area contributed by atoms with E-state index in [1.807, 2.05) is 13.8 Å². The molecule has 3 heteroatoms. The smallest absolute Gasteiger partial charge is 0.335 e. The van der Waals surface area contributed by atoms with E-state index < -0.39 is 0 Å². The maximum Gasteiger partial charge on any atom is 0.335 e. The molecule has 0 aromatic rings. The second-order valence-electron chi connectivity index (χ2n) is 2.65. The molecule has 2 N–H and O–H groups in total. The van der Waals surface area contributed by atoms with Crippen molar-refractivity contribution in [3.8, 4) is 0 Å². The quantitative estimate of drug-likeness (QED) is 0.516. The van der Waals surface area contributed by atoms with Gasteiger partial charge >= 0.3 is 5.97 Å². The van der Waals surface area contributed by atoms with Gasteiger partial charge in [0, 0.05) is 5.70 Å². The molecule has 0 bridgehead atoms. The predicted molar refractivity (Wildman–Crippen MR) is 48.4 cm³/mol. The third-order valence-electron chi connectivity index (χ3n) is 1.51. The maximum atomic E-state index is 11.2. The van der Waals surface area contributed by atoms with Crippen LogP contribution in [0.3, 0.4) is 0 Å². The van der Waals surface area contributed by atoms with Gasteiger partial charge in [-0.25, -0.2) is 4.79 Å². The van der Waals surface area contributed by atoms with E-state index in [0.29, 0.717) is 24.3 Å². The van der Waals surface area contributed by atoms with Gasteiger partial charge in [0.15, 0.2) is 0 Å². The van der Waals surface area contributed by atoms with Crippen LogP contribution in [0.25, 0.3) is 0 Å². The number of nitrogens with two attached hydrogens (primary N) is 1. The van der Waals surface area contributed by atoms with Crippen LogP contribution in [0.2, 0.25) is 0 Å². The Kier molecular flexibility index (Phi) is 5.17. The zero-order valence-electron chi connectivity index (χ0n) is 8.02. The van der Waals surface area contributed by atoms with Crippen LogP contribution in [-0.4, -0.2) is 12.6 Å². The molecule has 0 aromatic carbocycles. The minimum absolute atomic E-state index is 0.278. The molecule has 0 atom stereocenters. The van der Waals surface area contributed by atoms with Crippen molar-refractivity contribution in [1.82, 2.24) is 0 Å². The molecule has 0 heterocycles. The zero-order chi connectivity index (χ0) is 9.56. The van der Waals surface area contributed by atoms with Gasteiger partial charge in [0.1, 0.15) is 0 Å². The van der Waals surface area contributed by atoms with Gasteiger partial charge in [0.05, 0.1) is 12.2 Å². The second-order valence-corrected chi connectivity index (χ2v) is 2.65. The van der Waals surface area contributed by atoms with Crippen LogP contribution in [0.1, 0.15) is 33.6 Å². The van der Waals surface area contributed by atoms with E-state index in [4.69, 9.17) is 10.5 Å². The molecule has 0 saturated carbocycles. The fourth-order valence-electron chi connectivity index (χ4n) is 0.866. The molecule has 0 aliphatic heterocycles. The highest BCUT2D eigenvalue weighted by molar-refractivity contribution is 5.88. The average molecular weight is 171 g/mol. The summed E-state index contributed by atoms with van der Waals surface area (Å²) in [4.78, 5) is 11.2. The summed E-state index contributed by atoms with van der Waals surface area (Å²) in [6.07, 6.45) is 1.47. The van der Waals surface area contributed by atoms with E-state index in [9.17, 15) is 4.79 Å². The lowest BCUT2D eigenvalue weighted by atomic mass is 10.2. The van der Waals surface area contributed by atoms with E-state index >= 15 is 0 Å². The SMILES string of the molecule is CCCOC(=O)C(CC)=C(C)N. The minimum Gasteiger partial charge on any atom is -0.462 e. The summed E-state index contributed by atoms with van der Waals surface area (Å²) >= 11 is 0. The van der Waals surface area contributed by atoms with Crippen molar-refractivity contribution < 1.29 is 9.53 Å². The number of carbonyl (C=O) groups is 1. The Bertz CT molecular complexity index is 181. The third-order valence-corrected chi connectivity index (χ3v) is 1.51. The van der Waals surface area contributed by atoms with Crippen molar-refractivity contribution in [2.45, 2.75) is 33.6 Å². The summed E-state index contributed by atoms with van der Waals surface area (Å²) in [5.74, 6) is -0.278. The van der Waals surface area contributed by atoms with E-state index in [1.165, 1.54) is 0 Å². The highest BCUT2D eigenvalue weighted by Gasteiger charge is 2.09. The number of esters is 1. The fraction of sp³-hybridized carbons (Fsp3) is 0.667. The van der Waals surface area contributed by atoms with Crippen molar-refractivity contribution in [1.29, 1.82) is 0 Å². The van der Waals surface area contributed by atoms with E-state index in [-0.39, 0.29) is 5.97 Å². The Morgan fingerprint density at radius 2 is 2.00 bits per heavy atom. The van der Waals surface area contributed by atoms with E-state index in [2.05, 4.69) is 0 Å². The molecule has 0 aliphatic carbocycles. The molecule has 0 unspecified atom stereocenters. The number of hydrogen-bond acceptors (Lipinski definition) is 3. The molecule has 12 heavy (non-hydrogen) atoms. The first-order valence-corrected chi connectivity index (χ1v) is 4.25. The zero-order valence-corrected chi connectivity index (χ0v) is 8.02. The van der Waals surface area contributed by atoms with Crippen LogP contribution >= 0.6 is 0 Å². The number of ether oxygens (including phenoxy) is 1. The first kappa shape index (κ1) is 11.0. The molecule has 3 nitrogen and oxygen atoms in total. The molecule has 0 fully saturated rings. The predicted octanol–water partition coefficient (Wildman–Crippen LogP) is 1.58. The molecular formula is C9H17NO2. The van der Waals surface area contributed by atoms with Crippen molar-refractivity contribution in [2.24, 2.45) is 5.73 Å². The Labute approximate surface area is 73.6 Å². The number of hydrogen-bond donors (Lipinski definition) is 1. The first-order chi connectivity index (χ1) is 5.63. The number of rotatable bonds is 4. The highest BCUT2D eigenvalue weighted by Crippen LogP contribution is 2.06. The van der Waals surface area contributed by atoms with Crippen LogP contribution in [0.15, 0.2) is 11.3 Å². The molecule has 0 amide bonds. The lowest BCUT2D eigenvalue weighted by molar-refractivity contribution is -0.139. The summed E-state index contributed by atoms with van der Waals surface area (Å²) in [6, 6.07) is 0. The Morgan fingerprint density at radius 1 is 1.42 bits per heavy atom. The monoisotopic (exact) mass is 171 g/mol. The van der Waals surface area contributed by atoms with Crippen molar-refractivity contribution in [3.05, 3.63) is 11.3 Å². The minimum atomic E-state index is -0.278. The number of allylic oxidation sites excluding steroid dienone is 1. The average Bonchev–Trinajstić information content (AvgIpc) is 2.01.